The molecule has 6 aromatic rings. The lowest BCUT2D eigenvalue weighted by Crippen LogP contribution is -2.30. The normalized spacial score (nSPS) is 11.3. The average Bonchev–Trinajstić information content (AvgIpc) is 3.23. The van der Waals surface area contributed by atoms with Crippen LogP contribution in [0.3, 0.4) is 0 Å². The van der Waals surface area contributed by atoms with Crippen molar-refractivity contribution in [2.24, 2.45) is 7.05 Å². The van der Waals surface area contributed by atoms with Crippen LogP contribution in [0, 0.1) is 18.3 Å². The molecule has 0 aliphatic rings. The monoisotopic (exact) mass is 425 g/mol. The number of aromatic nitrogens is 1. The molecule has 0 spiro atoms. The smallest absolute Gasteiger partial charge is 0.216 e. The molecule has 0 aliphatic heterocycles. The fraction of sp³-hybridized carbons (Fsp3) is 0.0667. The first kappa shape index (κ1) is 19.3. The summed E-state index contributed by atoms with van der Waals surface area (Å²) in [7, 11) is 2.03. The minimum absolute atomic E-state index is 0.638. The number of furan rings is 1. The van der Waals surface area contributed by atoms with Crippen molar-refractivity contribution in [3.05, 3.63) is 102 Å². The maximum atomic E-state index is 9.96. The Morgan fingerprint density at radius 3 is 2.45 bits per heavy atom. The van der Waals surface area contributed by atoms with E-state index < -0.39 is 0 Å². The van der Waals surface area contributed by atoms with Crippen molar-refractivity contribution in [3.63, 3.8) is 0 Å². The van der Waals surface area contributed by atoms with Crippen LogP contribution in [0.1, 0.15) is 11.1 Å². The number of nitriles is 1. The first-order valence-electron chi connectivity index (χ1n) is 11.0. The van der Waals surface area contributed by atoms with Crippen LogP contribution in [0.15, 0.2) is 95.5 Å². The number of hydrogen-bond donors (Lipinski definition) is 0. The standard InChI is InChI=1S/C30H21N2O/c1-19-16-23(18-31)28-25-11-7-10-24(22-14-13-20-8-3-4-9-21(20)17-22)29(25)33-30(28)27(19)26-12-5-6-15-32(26)2/h3-17H,1-2H3/q+1. The molecule has 3 heteroatoms. The van der Waals surface area contributed by atoms with Gasteiger partial charge in [-0.1, -0.05) is 54.6 Å². The zero-order valence-electron chi connectivity index (χ0n) is 18.5. The predicted octanol–water partition coefficient (Wildman–Crippen LogP) is 7.08. The number of hydrogen-bond acceptors (Lipinski definition) is 2. The maximum absolute atomic E-state index is 9.96. The van der Waals surface area contributed by atoms with Crippen LogP contribution in [-0.2, 0) is 7.05 Å². The van der Waals surface area contributed by atoms with Gasteiger partial charge in [0.25, 0.3) is 0 Å². The molecule has 0 saturated carbocycles. The minimum atomic E-state index is 0.638. The number of aryl methyl sites for hydroxylation is 2. The summed E-state index contributed by atoms with van der Waals surface area (Å²) in [5, 5.41) is 14.2. The highest BCUT2D eigenvalue weighted by atomic mass is 16.3. The van der Waals surface area contributed by atoms with E-state index in [0.29, 0.717) is 5.56 Å². The van der Waals surface area contributed by atoms with Crippen LogP contribution >= 0.6 is 0 Å². The quantitative estimate of drug-likeness (QED) is 0.278. The van der Waals surface area contributed by atoms with Gasteiger partial charge in [0.15, 0.2) is 11.8 Å². The molecule has 33 heavy (non-hydrogen) atoms. The molecule has 0 aliphatic carbocycles. The molecule has 156 valence electrons. The summed E-state index contributed by atoms with van der Waals surface area (Å²) in [6, 6.07) is 31.5. The van der Waals surface area contributed by atoms with Crippen LogP contribution in [0.5, 0.6) is 0 Å². The second-order valence-electron chi connectivity index (χ2n) is 8.47. The molecule has 0 saturated heterocycles. The van der Waals surface area contributed by atoms with Crippen molar-refractivity contribution >= 4 is 32.7 Å². The van der Waals surface area contributed by atoms with E-state index in [4.69, 9.17) is 4.42 Å². The fourth-order valence-electron chi connectivity index (χ4n) is 4.88. The number of nitrogens with zero attached hydrogens (tertiary/aromatic N) is 2. The molecule has 0 amide bonds. The maximum Gasteiger partial charge on any atom is 0.216 e. The van der Waals surface area contributed by atoms with Gasteiger partial charge in [-0.05, 0) is 47.0 Å². The lowest BCUT2D eigenvalue weighted by molar-refractivity contribution is -0.660. The summed E-state index contributed by atoms with van der Waals surface area (Å²) in [4.78, 5) is 0. The molecule has 0 atom stereocenters. The highest BCUT2D eigenvalue weighted by Gasteiger charge is 2.24. The number of fused-ring (bicyclic) bond motifs is 4. The van der Waals surface area contributed by atoms with Gasteiger partial charge in [0.2, 0.25) is 5.69 Å². The topological polar surface area (TPSA) is 40.8 Å². The molecular formula is C30H21N2O+. The van der Waals surface area contributed by atoms with Crippen molar-refractivity contribution in [2.45, 2.75) is 6.92 Å². The van der Waals surface area contributed by atoms with Crippen molar-refractivity contribution in [2.75, 3.05) is 0 Å². The number of benzene rings is 4. The van der Waals surface area contributed by atoms with E-state index in [9.17, 15) is 5.26 Å². The number of rotatable bonds is 2. The van der Waals surface area contributed by atoms with Gasteiger partial charge in [-0.2, -0.15) is 5.26 Å². The first-order valence-corrected chi connectivity index (χ1v) is 11.0. The van der Waals surface area contributed by atoms with Gasteiger partial charge in [0.1, 0.15) is 12.6 Å². The Hall–Kier alpha value is -4.42. The van der Waals surface area contributed by atoms with Gasteiger partial charge < -0.3 is 4.42 Å². The molecule has 0 radical (unpaired) electrons. The van der Waals surface area contributed by atoms with Crippen LogP contribution in [0.4, 0.5) is 0 Å². The third-order valence-corrected chi connectivity index (χ3v) is 6.46. The van der Waals surface area contributed by atoms with Crippen LogP contribution in [0.25, 0.3) is 55.1 Å². The Kier molecular flexibility index (Phi) is 4.28. The minimum Gasteiger partial charge on any atom is -0.454 e. The van der Waals surface area contributed by atoms with Gasteiger partial charge >= 0.3 is 0 Å². The lowest BCUT2D eigenvalue weighted by atomic mass is 9.95. The molecule has 3 nitrogen and oxygen atoms in total. The van der Waals surface area contributed by atoms with Gasteiger partial charge in [-0.25, -0.2) is 4.57 Å². The van der Waals surface area contributed by atoms with Crippen LogP contribution in [-0.4, -0.2) is 0 Å². The second-order valence-corrected chi connectivity index (χ2v) is 8.47. The molecule has 0 fully saturated rings. The van der Waals surface area contributed by atoms with Crippen molar-refractivity contribution < 1.29 is 8.98 Å². The zero-order valence-corrected chi connectivity index (χ0v) is 18.5. The van der Waals surface area contributed by atoms with E-state index in [1.165, 1.54) is 10.8 Å². The van der Waals surface area contributed by atoms with Gasteiger partial charge in [-0.15, -0.1) is 0 Å². The van der Waals surface area contributed by atoms with Gasteiger partial charge in [0.05, 0.1) is 17.2 Å². The summed E-state index contributed by atoms with van der Waals surface area (Å²) in [6.07, 6.45) is 2.03. The van der Waals surface area contributed by atoms with Crippen LogP contribution in [0.2, 0.25) is 0 Å². The van der Waals surface area contributed by atoms with E-state index in [-0.39, 0.29) is 0 Å². The Morgan fingerprint density at radius 1 is 0.818 bits per heavy atom. The molecular weight excluding hydrogens is 404 g/mol. The van der Waals surface area contributed by atoms with E-state index in [0.717, 1.165) is 49.9 Å². The molecule has 2 heterocycles. The zero-order chi connectivity index (χ0) is 22.5. The van der Waals surface area contributed by atoms with E-state index >= 15 is 0 Å². The van der Waals surface area contributed by atoms with E-state index in [1.54, 1.807) is 0 Å². The summed E-state index contributed by atoms with van der Waals surface area (Å²) in [5.41, 5.74) is 7.43. The molecule has 0 N–H and O–H groups in total. The van der Waals surface area contributed by atoms with Crippen molar-refractivity contribution in [1.29, 1.82) is 5.26 Å². The largest absolute Gasteiger partial charge is 0.454 e. The predicted molar refractivity (Wildman–Crippen MR) is 133 cm³/mol. The number of para-hydroxylation sites is 1. The van der Waals surface area contributed by atoms with E-state index in [1.807, 2.05) is 44.4 Å². The summed E-state index contributed by atoms with van der Waals surface area (Å²) in [5.74, 6) is 0. The SMILES string of the molecule is Cc1cc(C#N)c2c(oc3c(-c4ccc5ccccc5c4)cccc32)c1-c1cccc[n+]1C. The Labute approximate surface area is 191 Å². The Balaban J connectivity index is 1.72. The highest BCUT2D eigenvalue weighted by Crippen LogP contribution is 2.42. The second kappa shape index (κ2) is 7.32. The molecule has 2 aromatic heterocycles. The summed E-state index contributed by atoms with van der Waals surface area (Å²) in [6.45, 7) is 2.04. The Morgan fingerprint density at radius 2 is 1.64 bits per heavy atom. The third-order valence-electron chi connectivity index (χ3n) is 6.46. The summed E-state index contributed by atoms with van der Waals surface area (Å²) < 4.78 is 8.74. The van der Waals surface area contributed by atoms with Gasteiger partial charge in [0, 0.05) is 28.5 Å². The van der Waals surface area contributed by atoms with Crippen molar-refractivity contribution in [3.8, 4) is 28.5 Å². The molecule has 4 aromatic carbocycles. The molecule has 0 bridgehead atoms. The Bertz CT molecular complexity index is 1750. The lowest BCUT2D eigenvalue weighted by Gasteiger charge is -2.06. The van der Waals surface area contributed by atoms with E-state index in [2.05, 4.69) is 71.3 Å². The van der Waals surface area contributed by atoms with Crippen LogP contribution < -0.4 is 4.57 Å². The molecule has 0 unspecified atom stereocenters. The average molecular weight is 426 g/mol. The fourth-order valence-corrected chi connectivity index (χ4v) is 4.88. The molecule has 6 rings (SSSR count). The number of pyridine rings is 1. The van der Waals surface area contributed by atoms with Gasteiger partial charge in [-0.3, -0.25) is 0 Å². The first-order chi connectivity index (χ1) is 16.2. The summed E-state index contributed by atoms with van der Waals surface area (Å²) >= 11 is 0. The highest BCUT2D eigenvalue weighted by molar-refractivity contribution is 6.15. The third kappa shape index (κ3) is 2.92. The van der Waals surface area contributed by atoms with Crippen molar-refractivity contribution in [1.82, 2.24) is 0 Å².